The number of hydrogen-bond acceptors (Lipinski definition) is 4. The molecule has 0 aliphatic heterocycles. The third-order valence-electron chi connectivity index (χ3n) is 3.23. The van der Waals surface area contributed by atoms with Gasteiger partial charge >= 0.3 is 0 Å². The number of carbonyl (C=O) groups is 1. The second kappa shape index (κ2) is 6.26. The summed E-state index contributed by atoms with van der Waals surface area (Å²) in [4.78, 5) is 24.0. The van der Waals surface area contributed by atoms with Crippen molar-refractivity contribution in [1.82, 2.24) is 15.1 Å². The lowest BCUT2D eigenvalue weighted by Gasteiger charge is -2.16. The number of hydrogen-bond donors (Lipinski definition) is 2. The van der Waals surface area contributed by atoms with Crippen molar-refractivity contribution in [3.05, 3.63) is 21.6 Å². The third-order valence-corrected chi connectivity index (χ3v) is 3.52. The minimum atomic E-state index is -0.531. The maximum absolute atomic E-state index is 12.3. The van der Waals surface area contributed by atoms with Crippen molar-refractivity contribution in [2.75, 3.05) is 11.9 Å². The lowest BCUT2D eigenvalue weighted by molar-refractivity contribution is -0.121. The Hall–Kier alpha value is -1.56. The van der Waals surface area contributed by atoms with Crippen LogP contribution in [0.15, 0.2) is 11.0 Å². The minimum absolute atomic E-state index is 0.173. The van der Waals surface area contributed by atoms with E-state index in [1.54, 1.807) is 6.92 Å². The Morgan fingerprint density at radius 1 is 1.60 bits per heavy atom. The largest absolute Gasteiger partial charge is 0.368 e. The van der Waals surface area contributed by atoms with E-state index in [-0.39, 0.29) is 22.2 Å². The van der Waals surface area contributed by atoms with Crippen LogP contribution in [0.3, 0.4) is 0 Å². The van der Waals surface area contributed by atoms with Crippen molar-refractivity contribution in [3.8, 4) is 0 Å². The fourth-order valence-electron chi connectivity index (χ4n) is 1.88. The first-order valence-corrected chi connectivity index (χ1v) is 7.20. The Morgan fingerprint density at radius 2 is 2.30 bits per heavy atom. The summed E-state index contributed by atoms with van der Waals surface area (Å²) in [6.07, 6.45) is 3.71. The van der Waals surface area contributed by atoms with Gasteiger partial charge in [0.1, 0.15) is 11.7 Å². The standard InChI is InChI=1S/C13H19ClN4O2/c1-3-15-12(19)8(2)17-11-10(14)6-16-18(13(11)20)7-9-4-5-9/h6,8-9,17H,3-5,7H2,1-2H3,(H,15,19). The quantitative estimate of drug-likeness (QED) is 0.828. The fourth-order valence-corrected chi connectivity index (χ4v) is 2.06. The van der Waals surface area contributed by atoms with Crippen molar-refractivity contribution in [2.45, 2.75) is 39.3 Å². The molecule has 1 fully saturated rings. The summed E-state index contributed by atoms with van der Waals surface area (Å²) < 4.78 is 1.41. The Bertz CT molecular complexity index is 554. The van der Waals surface area contributed by atoms with Gasteiger partial charge in [-0.1, -0.05) is 11.6 Å². The summed E-state index contributed by atoms with van der Waals surface area (Å²) in [5.41, 5.74) is -0.0402. The molecule has 1 unspecified atom stereocenters. The first kappa shape index (κ1) is 14.8. The summed E-state index contributed by atoms with van der Waals surface area (Å²) >= 11 is 6.01. The van der Waals surface area contributed by atoms with Crippen LogP contribution in [0.1, 0.15) is 26.7 Å². The van der Waals surface area contributed by atoms with Gasteiger partial charge in [-0.3, -0.25) is 9.59 Å². The molecule has 7 heteroatoms. The van der Waals surface area contributed by atoms with Crippen molar-refractivity contribution in [1.29, 1.82) is 0 Å². The van der Waals surface area contributed by atoms with E-state index in [9.17, 15) is 9.59 Å². The van der Waals surface area contributed by atoms with Gasteiger partial charge < -0.3 is 10.6 Å². The average Bonchev–Trinajstić information content (AvgIpc) is 3.22. The topological polar surface area (TPSA) is 76.0 Å². The van der Waals surface area contributed by atoms with Crippen LogP contribution in [-0.2, 0) is 11.3 Å². The molecule has 0 bridgehead atoms. The van der Waals surface area contributed by atoms with Gasteiger partial charge in [-0.15, -0.1) is 0 Å². The maximum atomic E-state index is 12.3. The van der Waals surface area contributed by atoms with Crippen LogP contribution in [0.2, 0.25) is 5.02 Å². The number of anilines is 1. The number of halogens is 1. The number of carbonyl (C=O) groups excluding carboxylic acids is 1. The van der Waals surface area contributed by atoms with Crippen LogP contribution < -0.4 is 16.2 Å². The van der Waals surface area contributed by atoms with Crippen LogP contribution in [0.25, 0.3) is 0 Å². The van der Waals surface area contributed by atoms with Crippen molar-refractivity contribution in [3.63, 3.8) is 0 Å². The molecule has 110 valence electrons. The molecule has 1 saturated carbocycles. The van der Waals surface area contributed by atoms with Gasteiger partial charge in [0.25, 0.3) is 5.56 Å². The maximum Gasteiger partial charge on any atom is 0.291 e. The van der Waals surface area contributed by atoms with Gasteiger partial charge in [0, 0.05) is 13.1 Å². The summed E-state index contributed by atoms with van der Waals surface area (Å²) in [5, 5.41) is 9.85. The lowest BCUT2D eigenvalue weighted by atomic mass is 10.3. The Kier molecular flexibility index (Phi) is 4.65. The van der Waals surface area contributed by atoms with E-state index in [2.05, 4.69) is 15.7 Å². The van der Waals surface area contributed by atoms with Crippen molar-refractivity contribution in [2.24, 2.45) is 5.92 Å². The molecule has 6 nitrogen and oxygen atoms in total. The highest BCUT2D eigenvalue weighted by molar-refractivity contribution is 6.33. The summed E-state index contributed by atoms with van der Waals surface area (Å²) in [5.74, 6) is 0.364. The predicted molar refractivity (Wildman–Crippen MR) is 78.0 cm³/mol. The van der Waals surface area contributed by atoms with Crippen LogP contribution in [0, 0.1) is 5.92 Å². The highest BCUT2D eigenvalue weighted by atomic mass is 35.5. The van der Waals surface area contributed by atoms with Crippen molar-refractivity contribution < 1.29 is 4.79 Å². The molecule has 0 aromatic carbocycles. The molecule has 1 amide bonds. The molecular formula is C13H19ClN4O2. The number of aromatic nitrogens is 2. The van der Waals surface area contributed by atoms with Crippen LogP contribution in [0.4, 0.5) is 5.69 Å². The molecule has 1 atom stereocenters. The molecule has 1 aliphatic rings. The van der Waals surface area contributed by atoms with E-state index in [0.29, 0.717) is 19.0 Å². The molecule has 2 N–H and O–H groups in total. The average molecular weight is 299 g/mol. The van der Waals surface area contributed by atoms with Crippen molar-refractivity contribution >= 4 is 23.2 Å². The fraction of sp³-hybridized carbons (Fsp3) is 0.615. The molecule has 2 rings (SSSR count). The summed E-state index contributed by atoms with van der Waals surface area (Å²) in [6, 6.07) is -0.531. The predicted octanol–water partition coefficient (Wildman–Crippen LogP) is 1.24. The van der Waals surface area contributed by atoms with Gasteiger partial charge in [-0.25, -0.2) is 4.68 Å². The molecule has 0 spiro atoms. The van der Waals surface area contributed by atoms with E-state index in [0.717, 1.165) is 12.8 Å². The Labute approximate surface area is 122 Å². The van der Waals surface area contributed by atoms with Crippen LogP contribution in [0.5, 0.6) is 0 Å². The van der Waals surface area contributed by atoms with Gasteiger partial charge in [0.15, 0.2) is 0 Å². The molecule has 0 radical (unpaired) electrons. The zero-order chi connectivity index (χ0) is 14.7. The number of nitrogens with zero attached hydrogens (tertiary/aromatic N) is 2. The Balaban J connectivity index is 2.17. The van der Waals surface area contributed by atoms with Gasteiger partial charge in [-0.2, -0.15) is 5.10 Å². The summed E-state index contributed by atoms with van der Waals surface area (Å²) in [7, 11) is 0. The number of likely N-dealkylation sites (N-methyl/N-ethyl adjacent to an activating group) is 1. The van der Waals surface area contributed by atoms with E-state index in [1.165, 1.54) is 10.9 Å². The van der Waals surface area contributed by atoms with Crippen LogP contribution >= 0.6 is 11.6 Å². The highest BCUT2D eigenvalue weighted by Crippen LogP contribution is 2.30. The zero-order valence-corrected chi connectivity index (χ0v) is 12.4. The van der Waals surface area contributed by atoms with Gasteiger partial charge in [-0.05, 0) is 32.6 Å². The zero-order valence-electron chi connectivity index (χ0n) is 11.6. The van der Waals surface area contributed by atoms with E-state index in [4.69, 9.17) is 11.6 Å². The molecule has 1 aliphatic carbocycles. The third kappa shape index (κ3) is 3.50. The summed E-state index contributed by atoms with van der Waals surface area (Å²) in [6.45, 7) is 4.68. The highest BCUT2D eigenvalue weighted by Gasteiger charge is 2.24. The Morgan fingerprint density at radius 3 is 2.90 bits per heavy atom. The number of amides is 1. The molecule has 0 saturated heterocycles. The van der Waals surface area contributed by atoms with E-state index in [1.807, 2.05) is 6.92 Å². The molecule has 1 aromatic rings. The normalized spacial score (nSPS) is 15.8. The molecule has 1 heterocycles. The smallest absolute Gasteiger partial charge is 0.291 e. The first-order valence-electron chi connectivity index (χ1n) is 6.82. The van der Waals surface area contributed by atoms with Crippen LogP contribution in [-0.4, -0.2) is 28.3 Å². The van der Waals surface area contributed by atoms with Gasteiger partial charge in [0.05, 0.1) is 11.2 Å². The second-order valence-corrected chi connectivity index (χ2v) is 5.47. The van der Waals surface area contributed by atoms with Gasteiger partial charge in [0.2, 0.25) is 5.91 Å². The number of nitrogens with one attached hydrogen (secondary N) is 2. The molecule has 1 aromatic heterocycles. The first-order chi connectivity index (χ1) is 9.52. The molecular weight excluding hydrogens is 280 g/mol. The lowest BCUT2D eigenvalue weighted by Crippen LogP contribution is -2.39. The minimum Gasteiger partial charge on any atom is -0.368 e. The van der Waals surface area contributed by atoms with E-state index >= 15 is 0 Å². The monoisotopic (exact) mass is 298 g/mol. The number of rotatable bonds is 6. The van der Waals surface area contributed by atoms with E-state index < -0.39 is 6.04 Å². The second-order valence-electron chi connectivity index (χ2n) is 5.06. The molecule has 20 heavy (non-hydrogen) atoms. The SMILES string of the molecule is CCNC(=O)C(C)Nc1c(Cl)cnn(CC2CC2)c1=O.